The van der Waals surface area contributed by atoms with E-state index in [4.69, 9.17) is 5.11 Å². The van der Waals surface area contributed by atoms with E-state index in [2.05, 4.69) is 0 Å². The van der Waals surface area contributed by atoms with E-state index in [1.54, 1.807) is 6.92 Å². The third-order valence-corrected chi connectivity index (χ3v) is 2.30. The lowest BCUT2D eigenvalue weighted by Gasteiger charge is -2.29. The van der Waals surface area contributed by atoms with Crippen molar-refractivity contribution >= 4 is 11.8 Å². The Hall–Kier alpha value is -1.12. The lowest BCUT2D eigenvalue weighted by atomic mass is 9.74. The molecule has 0 aromatic carbocycles. The summed E-state index contributed by atoms with van der Waals surface area (Å²) in [5, 5.41) is 8.77. The Morgan fingerprint density at radius 3 is 2.31 bits per heavy atom. The molecule has 0 saturated heterocycles. The van der Waals surface area contributed by atoms with Gasteiger partial charge >= 0.3 is 5.97 Å². The predicted octanol–water partition coefficient (Wildman–Crippen LogP) is 1.78. The second kappa shape index (κ2) is 2.98. The number of aliphatic carboxylic acids is 1. The van der Waals surface area contributed by atoms with Crippen LogP contribution < -0.4 is 0 Å². The van der Waals surface area contributed by atoms with Crippen LogP contribution in [0.2, 0.25) is 0 Å². The molecule has 72 valence electrons. The standard InChI is InChI=1S/C10H14O3/c1-6-4-10(2,3)5-7(11)8(6)9(12)13/h4-5H2,1-3H3,(H,12,13). The smallest absolute Gasteiger partial charge is 0.339 e. The number of hydrogen-bond acceptors (Lipinski definition) is 2. The molecule has 1 aliphatic carbocycles. The van der Waals surface area contributed by atoms with Crippen LogP contribution in [0.25, 0.3) is 0 Å². The molecule has 0 amide bonds. The molecule has 3 heteroatoms. The number of hydrogen-bond donors (Lipinski definition) is 1. The monoisotopic (exact) mass is 182 g/mol. The molecule has 0 saturated carbocycles. The van der Waals surface area contributed by atoms with Crippen molar-refractivity contribution < 1.29 is 14.7 Å². The minimum atomic E-state index is -1.09. The van der Waals surface area contributed by atoms with Crippen molar-refractivity contribution in [2.24, 2.45) is 5.41 Å². The summed E-state index contributed by atoms with van der Waals surface area (Å²) < 4.78 is 0. The second-order valence-electron chi connectivity index (χ2n) is 4.40. The van der Waals surface area contributed by atoms with Gasteiger partial charge in [0.05, 0.1) is 0 Å². The Morgan fingerprint density at radius 2 is 1.92 bits per heavy atom. The predicted molar refractivity (Wildman–Crippen MR) is 48.4 cm³/mol. The number of allylic oxidation sites excluding steroid dienone is 1. The molecule has 0 heterocycles. The van der Waals surface area contributed by atoms with Crippen LogP contribution in [-0.2, 0) is 9.59 Å². The van der Waals surface area contributed by atoms with Crippen molar-refractivity contribution in [2.45, 2.75) is 33.6 Å². The fourth-order valence-electron chi connectivity index (χ4n) is 1.93. The van der Waals surface area contributed by atoms with E-state index in [1.807, 2.05) is 13.8 Å². The highest BCUT2D eigenvalue weighted by Crippen LogP contribution is 2.36. The Labute approximate surface area is 77.4 Å². The van der Waals surface area contributed by atoms with Gasteiger partial charge in [-0.15, -0.1) is 0 Å². The molecular formula is C10H14O3. The molecule has 0 spiro atoms. The summed E-state index contributed by atoms with van der Waals surface area (Å²) in [5.74, 6) is -1.32. The van der Waals surface area contributed by atoms with Crippen LogP contribution in [0.3, 0.4) is 0 Å². The molecule has 0 unspecified atom stereocenters. The number of carboxylic acids is 1. The van der Waals surface area contributed by atoms with E-state index in [0.29, 0.717) is 18.4 Å². The second-order valence-corrected chi connectivity index (χ2v) is 4.40. The van der Waals surface area contributed by atoms with Gasteiger partial charge in [-0.05, 0) is 18.8 Å². The molecule has 0 aromatic rings. The van der Waals surface area contributed by atoms with Crippen LogP contribution in [0.1, 0.15) is 33.6 Å². The minimum Gasteiger partial charge on any atom is -0.478 e. The summed E-state index contributed by atoms with van der Waals surface area (Å²) in [5.41, 5.74) is 0.619. The molecule has 0 bridgehead atoms. The van der Waals surface area contributed by atoms with Gasteiger partial charge in [-0.2, -0.15) is 0 Å². The first-order valence-electron chi connectivity index (χ1n) is 4.30. The Kier molecular flexibility index (Phi) is 2.28. The zero-order chi connectivity index (χ0) is 10.2. The fourth-order valence-corrected chi connectivity index (χ4v) is 1.93. The summed E-state index contributed by atoms with van der Waals surface area (Å²) in [7, 11) is 0. The summed E-state index contributed by atoms with van der Waals surface area (Å²) in [6.45, 7) is 5.68. The first-order chi connectivity index (χ1) is 5.83. The molecule has 1 rings (SSSR count). The van der Waals surface area contributed by atoms with Gasteiger partial charge in [-0.25, -0.2) is 4.79 Å². The number of carboxylic acid groups (broad SMARTS) is 1. The van der Waals surface area contributed by atoms with Gasteiger partial charge in [0.1, 0.15) is 5.57 Å². The van der Waals surface area contributed by atoms with Crippen LogP contribution in [0.4, 0.5) is 0 Å². The molecule has 0 radical (unpaired) electrons. The van der Waals surface area contributed by atoms with Gasteiger partial charge in [0, 0.05) is 6.42 Å². The lowest BCUT2D eigenvalue weighted by molar-refractivity contribution is -0.135. The number of carbonyl (C=O) groups is 2. The van der Waals surface area contributed by atoms with Crippen molar-refractivity contribution in [1.29, 1.82) is 0 Å². The Morgan fingerprint density at radius 1 is 1.38 bits per heavy atom. The van der Waals surface area contributed by atoms with Gasteiger partial charge in [-0.3, -0.25) is 4.79 Å². The maximum absolute atomic E-state index is 11.4. The number of rotatable bonds is 1. The molecule has 0 atom stereocenters. The average molecular weight is 182 g/mol. The Bertz CT molecular complexity index is 297. The molecule has 3 nitrogen and oxygen atoms in total. The summed E-state index contributed by atoms with van der Waals surface area (Å²) in [4.78, 5) is 22.1. The molecule has 0 aromatic heterocycles. The quantitative estimate of drug-likeness (QED) is 0.629. The summed E-state index contributed by atoms with van der Waals surface area (Å²) in [6.07, 6.45) is 1.03. The third-order valence-electron chi connectivity index (χ3n) is 2.30. The van der Waals surface area contributed by atoms with E-state index in [9.17, 15) is 9.59 Å². The first kappa shape index (κ1) is 9.96. The van der Waals surface area contributed by atoms with Crippen LogP contribution in [0.15, 0.2) is 11.1 Å². The first-order valence-corrected chi connectivity index (χ1v) is 4.30. The maximum atomic E-state index is 11.4. The van der Waals surface area contributed by atoms with Gasteiger partial charge in [0.15, 0.2) is 5.78 Å². The fraction of sp³-hybridized carbons (Fsp3) is 0.600. The third kappa shape index (κ3) is 1.97. The van der Waals surface area contributed by atoms with Crippen molar-refractivity contribution in [3.63, 3.8) is 0 Å². The van der Waals surface area contributed by atoms with Gasteiger partial charge < -0.3 is 5.11 Å². The van der Waals surface area contributed by atoms with Crippen molar-refractivity contribution in [3.8, 4) is 0 Å². The zero-order valence-electron chi connectivity index (χ0n) is 8.18. The zero-order valence-corrected chi connectivity index (χ0v) is 8.18. The maximum Gasteiger partial charge on any atom is 0.339 e. The van der Waals surface area contributed by atoms with E-state index in [1.165, 1.54) is 0 Å². The van der Waals surface area contributed by atoms with Crippen molar-refractivity contribution in [2.75, 3.05) is 0 Å². The Balaban J connectivity index is 3.09. The highest BCUT2D eigenvalue weighted by molar-refractivity contribution is 6.17. The van der Waals surface area contributed by atoms with Crippen molar-refractivity contribution in [1.82, 2.24) is 0 Å². The average Bonchev–Trinajstić information content (AvgIpc) is 1.78. The molecule has 0 aliphatic heterocycles. The van der Waals surface area contributed by atoms with E-state index in [0.717, 1.165) is 0 Å². The number of ketones is 1. The van der Waals surface area contributed by atoms with Crippen LogP contribution in [-0.4, -0.2) is 16.9 Å². The molecule has 13 heavy (non-hydrogen) atoms. The molecule has 0 fully saturated rings. The normalized spacial score (nSPS) is 21.9. The van der Waals surface area contributed by atoms with Gasteiger partial charge in [0.25, 0.3) is 0 Å². The van der Waals surface area contributed by atoms with Crippen LogP contribution in [0.5, 0.6) is 0 Å². The van der Waals surface area contributed by atoms with Gasteiger partial charge in [0.2, 0.25) is 0 Å². The van der Waals surface area contributed by atoms with Gasteiger partial charge in [-0.1, -0.05) is 19.4 Å². The highest BCUT2D eigenvalue weighted by atomic mass is 16.4. The summed E-state index contributed by atoms with van der Waals surface area (Å²) in [6, 6.07) is 0. The largest absolute Gasteiger partial charge is 0.478 e. The van der Waals surface area contributed by atoms with Crippen molar-refractivity contribution in [3.05, 3.63) is 11.1 Å². The number of carbonyl (C=O) groups excluding carboxylic acids is 1. The number of Topliss-reactive ketones (excluding diaryl/α,β-unsaturated/α-hetero) is 1. The summed E-state index contributed by atoms with van der Waals surface area (Å²) >= 11 is 0. The SMILES string of the molecule is CC1=C(C(=O)O)C(=O)CC(C)(C)C1. The van der Waals surface area contributed by atoms with E-state index in [-0.39, 0.29) is 16.8 Å². The van der Waals surface area contributed by atoms with E-state index >= 15 is 0 Å². The van der Waals surface area contributed by atoms with Crippen LogP contribution in [0, 0.1) is 5.41 Å². The van der Waals surface area contributed by atoms with Crippen LogP contribution >= 0.6 is 0 Å². The highest BCUT2D eigenvalue weighted by Gasteiger charge is 2.33. The molecule has 1 aliphatic rings. The molecule has 1 N–H and O–H groups in total. The van der Waals surface area contributed by atoms with E-state index < -0.39 is 5.97 Å². The molecular weight excluding hydrogens is 168 g/mol. The topological polar surface area (TPSA) is 54.4 Å². The lowest BCUT2D eigenvalue weighted by Crippen LogP contribution is -2.28. The minimum absolute atomic E-state index is 0.000625.